The van der Waals surface area contributed by atoms with Crippen molar-refractivity contribution in [2.24, 2.45) is 11.8 Å². The highest BCUT2D eigenvalue weighted by Crippen LogP contribution is 2.32. The van der Waals surface area contributed by atoms with E-state index in [1.165, 1.54) is 4.90 Å². The van der Waals surface area contributed by atoms with Crippen LogP contribution in [0.4, 0.5) is 0 Å². The summed E-state index contributed by atoms with van der Waals surface area (Å²) in [5.74, 6) is 1.39. The maximum Gasteiger partial charge on any atom is 0.242 e. The molecule has 1 saturated carbocycles. The van der Waals surface area contributed by atoms with Crippen molar-refractivity contribution in [2.45, 2.75) is 64.2 Å². The van der Waals surface area contributed by atoms with Crippen LogP contribution in [0.1, 0.15) is 54.3 Å². The first-order valence-electron chi connectivity index (χ1n) is 8.68. The quantitative estimate of drug-likeness (QED) is 0.753. The Labute approximate surface area is 144 Å². The van der Waals surface area contributed by atoms with Gasteiger partial charge in [-0.05, 0) is 51.2 Å². The molecule has 3 amide bonds. The smallest absolute Gasteiger partial charge is 0.242 e. The lowest BCUT2D eigenvalue weighted by Gasteiger charge is -2.30. The Bertz CT molecular complexity index is 465. The number of hydrogen-bond donors (Lipinski definition) is 1. The maximum atomic E-state index is 12.3. The summed E-state index contributed by atoms with van der Waals surface area (Å²) in [6.07, 6.45) is 3.89. The first-order valence-corrected chi connectivity index (χ1v) is 9.73. The van der Waals surface area contributed by atoms with Crippen molar-refractivity contribution in [1.82, 2.24) is 10.2 Å². The van der Waals surface area contributed by atoms with E-state index in [4.69, 9.17) is 0 Å². The lowest BCUT2D eigenvalue weighted by molar-refractivity contribution is -0.139. The predicted octanol–water partition coefficient (Wildman–Crippen LogP) is 2.44. The monoisotopic (exact) mass is 342 g/mol. The van der Waals surface area contributed by atoms with Gasteiger partial charge < -0.3 is 5.32 Å². The van der Waals surface area contributed by atoms with Crippen molar-refractivity contribution >= 4 is 29.5 Å². The van der Waals surface area contributed by atoms with E-state index in [0.717, 1.165) is 31.4 Å². The Hall–Kier alpha value is -1.04. The topological polar surface area (TPSA) is 66.5 Å². The fraction of sp³-hybridized carbons (Fsp3) is 0.824. The molecule has 2 rings (SSSR count). The molecule has 1 N–H and O–H groups in total. The molecule has 1 heterocycles. The van der Waals surface area contributed by atoms with Crippen molar-refractivity contribution in [1.29, 1.82) is 0 Å². The number of likely N-dealkylation sites (tertiary alicyclic amines) is 1. The molecule has 0 aromatic rings. The van der Waals surface area contributed by atoms with Crippen molar-refractivity contribution in [3.63, 3.8) is 0 Å². The summed E-state index contributed by atoms with van der Waals surface area (Å²) in [6.45, 7) is 6.49. The number of hydrogen-bond acceptors (Lipinski definition) is 4. The van der Waals surface area contributed by atoms with E-state index in [2.05, 4.69) is 5.32 Å². The third-order valence-corrected chi connectivity index (χ3v) is 5.76. The third kappa shape index (κ3) is 4.72. The van der Waals surface area contributed by atoms with E-state index in [0.29, 0.717) is 18.9 Å². The number of carbonyl (C=O) groups excluding carboxylic acids is 3. The molecule has 1 saturated heterocycles. The second-order valence-electron chi connectivity index (χ2n) is 6.87. The Kier molecular flexibility index (Phi) is 6.50. The van der Waals surface area contributed by atoms with Gasteiger partial charge in [-0.1, -0.05) is 6.92 Å². The molecule has 132 valence electrons. The van der Waals surface area contributed by atoms with Crippen LogP contribution >= 0.6 is 11.8 Å². The van der Waals surface area contributed by atoms with Crippen molar-refractivity contribution in [3.8, 4) is 0 Å². The van der Waals surface area contributed by atoms with E-state index in [1.54, 1.807) is 11.8 Å². The lowest BCUT2D eigenvalue weighted by atomic mass is 9.81. The highest BCUT2D eigenvalue weighted by Gasteiger charge is 2.40. The summed E-state index contributed by atoms with van der Waals surface area (Å²) in [7, 11) is 0. The minimum absolute atomic E-state index is 0. The van der Waals surface area contributed by atoms with Crippen LogP contribution in [-0.4, -0.2) is 46.2 Å². The molecular formula is C17H30N2O3S. The summed E-state index contributed by atoms with van der Waals surface area (Å²) in [5.41, 5.74) is 0. The van der Waals surface area contributed by atoms with E-state index < -0.39 is 0 Å². The molecule has 2 fully saturated rings. The second-order valence-corrected chi connectivity index (χ2v) is 8.35. The number of nitrogens with zero attached hydrogens (tertiary/aromatic N) is 1. The number of imide groups is 1. The van der Waals surface area contributed by atoms with Crippen molar-refractivity contribution in [2.75, 3.05) is 12.3 Å². The van der Waals surface area contributed by atoms with Crippen LogP contribution in [0, 0.1) is 11.8 Å². The Morgan fingerprint density at radius 1 is 1.30 bits per heavy atom. The lowest BCUT2D eigenvalue weighted by Crippen LogP contribution is -2.40. The minimum atomic E-state index is -0.180. The average molecular weight is 343 g/mol. The first-order chi connectivity index (χ1) is 10.9. The molecule has 0 aromatic carbocycles. The first kappa shape index (κ1) is 18.3. The highest BCUT2D eigenvalue weighted by atomic mass is 32.2. The molecule has 0 aromatic heterocycles. The van der Waals surface area contributed by atoms with Crippen LogP contribution in [0.2, 0.25) is 0 Å². The summed E-state index contributed by atoms with van der Waals surface area (Å²) in [6, 6.07) is 0.174. The average Bonchev–Trinajstić information content (AvgIpc) is 2.75. The van der Waals surface area contributed by atoms with Crippen LogP contribution in [0.25, 0.3) is 0 Å². The molecule has 1 aliphatic heterocycles. The molecule has 0 spiro atoms. The van der Waals surface area contributed by atoms with Crippen LogP contribution < -0.4 is 5.32 Å². The number of rotatable bonds is 6. The van der Waals surface area contributed by atoms with E-state index in [-0.39, 0.29) is 36.4 Å². The molecular weight excluding hydrogens is 312 g/mol. The summed E-state index contributed by atoms with van der Waals surface area (Å²) < 4.78 is 0. The fourth-order valence-corrected chi connectivity index (χ4v) is 4.38. The normalized spacial score (nSPS) is 28.5. The van der Waals surface area contributed by atoms with Crippen molar-refractivity contribution < 1.29 is 15.8 Å². The molecule has 23 heavy (non-hydrogen) atoms. The summed E-state index contributed by atoms with van der Waals surface area (Å²) >= 11 is 1.56. The van der Waals surface area contributed by atoms with Crippen LogP contribution in [-0.2, 0) is 14.4 Å². The van der Waals surface area contributed by atoms with Gasteiger partial charge in [0.15, 0.2) is 0 Å². The van der Waals surface area contributed by atoms with Gasteiger partial charge in [0.25, 0.3) is 0 Å². The molecule has 0 bridgehead atoms. The standard InChI is InChI=1S/C17H28N2O3S.H2/c1-4-23-14-9-15(20)19(17(14)22)10-12-5-7-13(8-6-12)16(21)18-11(2)3;/h11-14H,4-10H2,1-3H3,(H,18,21);1H. The number of nitrogens with one attached hydrogen (secondary N) is 1. The van der Waals surface area contributed by atoms with Crippen LogP contribution in [0.15, 0.2) is 0 Å². The fourth-order valence-electron chi connectivity index (χ4n) is 3.44. The van der Waals surface area contributed by atoms with Gasteiger partial charge in [0, 0.05) is 26.4 Å². The Morgan fingerprint density at radius 3 is 2.52 bits per heavy atom. The zero-order valence-corrected chi connectivity index (χ0v) is 15.2. The molecule has 1 unspecified atom stereocenters. The molecule has 6 heteroatoms. The predicted molar refractivity (Wildman–Crippen MR) is 94.1 cm³/mol. The van der Waals surface area contributed by atoms with Gasteiger partial charge in [0.05, 0.1) is 5.25 Å². The summed E-state index contributed by atoms with van der Waals surface area (Å²) in [5, 5.41) is 2.79. The second kappa shape index (κ2) is 8.18. The van der Waals surface area contributed by atoms with Gasteiger partial charge in [-0.3, -0.25) is 19.3 Å². The number of amides is 3. The molecule has 1 atom stereocenters. The Balaban J connectivity index is 0.00000288. The molecule has 1 aliphatic carbocycles. The van der Waals surface area contributed by atoms with Gasteiger partial charge in [-0.15, -0.1) is 11.8 Å². The number of carbonyl (C=O) groups is 3. The van der Waals surface area contributed by atoms with E-state index in [9.17, 15) is 14.4 Å². The minimum Gasteiger partial charge on any atom is -0.354 e. The molecule has 5 nitrogen and oxygen atoms in total. The van der Waals surface area contributed by atoms with Gasteiger partial charge in [-0.2, -0.15) is 0 Å². The number of thioether (sulfide) groups is 1. The van der Waals surface area contributed by atoms with Gasteiger partial charge in [0.2, 0.25) is 17.7 Å². The van der Waals surface area contributed by atoms with Crippen LogP contribution in [0.3, 0.4) is 0 Å². The molecule has 0 radical (unpaired) electrons. The molecule has 2 aliphatic rings. The third-order valence-electron chi connectivity index (χ3n) is 4.66. The highest BCUT2D eigenvalue weighted by molar-refractivity contribution is 8.00. The maximum absolute atomic E-state index is 12.3. The Morgan fingerprint density at radius 2 is 1.96 bits per heavy atom. The van der Waals surface area contributed by atoms with Gasteiger partial charge in [0.1, 0.15) is 0 Å². The SMILES string of the molecule is CCSC1CC(=O)N(CC2CCC(C(=O)NC(C)C)CC2)C1=O.[HH]. The zero-order valence-electron chi connectivity index (χ0n) is 14.3. The largest absolute Gasteiger partial charge is 0.354 e. The summed E-state index contributed by atoms with van der Waals surface area (Å²) in [4.78, 5) is 37.9. The zero-order chi connectivity index (χ0) is 17.0. The van der Waals surface area contributed by atoms with E-state index in [1.807, 2.05) is 20.8 Å². The van der Waals surface area contributed by atoms with Gasteiger partial charge >= 0.3 is 0 Å². The van der Waals surface area contributed by atoms with Crippen LogP contribution in [0.5, 0.6) is 0 Å². The van der Waals surface area contributed by atoms with E-state index >= 15 is 0 Å². The van der Waals surface area contributed by atoms with Crippen molar-refractivity contribution in [3.05, 3.63) is 0 Å². The van der Waals surface area contributed by atoms with Gasteiger partial charge in [-0.25, -0.2) is 0 Å².